The van der Waals surface area contributed by atoms with Gasteiger partial charge in [-0.2, -0.15) is 0 Å². The van der Waals surface area contributed by atoms with Gasteiger partial charge in [-0.05, 0) is 56.5 Å². The van der Waals surface area contributed by atoms with E-state index in [0.717, 1.165) is 29.9 Å². The van der Waals surface area contributed by atoms with Crippen LogP contribution >= 0.6 is 0 Å². The highest BCUT2D eigenvalue weighted by Gasteiger charge is 2.24. The number of aromatic nitrogens is 2. The Morgan fingerprint density at radius 1 is 1.04 bits per heavy atom. The molecule has 0 fully saturated rings. The van der Waals surface area contributed by atoms with Crippen LogP contribution in [0.2, 0.25) is 0 Å². The molecule has 27 heavy (non-hydrogen) atoms. The summed E-state index contributed by atoms with van der Waals surface area (Å²) in [6.45, 7) is 4.63. The molecule has 5 heteroatoms. The van der Waals surface area contributed by atoms with E-state index in [4.69, 9.17) is 0 Å². The van der Waals surface area contributed by atoms with Gasteiger partial charge in [0.2, 0.25) is 5.95 Å². The minimum absolute atomic E-state index is 0.0837. The summed E-state index contributed by atoms with van der Waals surface area (Å²) in [4.78, 5) is 23.9. The van der Waals surface area contributed by atoms with Gasteiger partial charge in [0, 0.05) is 23.6 Å². The van der Waals surface area contributed by atoms with E-state index in [2.05, 4.69) is 21.4 Å². The molecular weight excluding hydrogens is 336 g/mol. The van der Waals surface area contributed by atoms with Crippen LogP contribution in [-0.4, -0.2) is 22.4 Å². The lowest BCUT2D eigenvalue weighted by atomic mass is 10.0. The number of carbonyl (C=O) groups excluding carboxylic acids is 1. The molecule has 0 radical (unpaired) electrons. The molecule has 0 spiro atoms. The highest BCUT2D eigenvalue weighted by atomic mass is 16.2. The topological polar surface area (TPSA) is 58.1 Å². The molecule has 0 saturated carbocycles. The largest absolute Gasteiger partial charge is 0.324 e. The highest BCUT2D eigenvalue weighted by molar-refractivity contribution is 6.05. The van der Waals surface area contributed by atoms with E-state index in [9.17, 15) is 4.79 Å². The molecule has 136 valence electrons. The number of nitrogens with one attached hydrogen (secondary N) is 1. The molecule has 0 atom stereocenters. The van der Waals surface area contributed by atoms with Crippen molar-refractivity contribution in [3.05, 3.63) is 77.1 Å². The first kappa shape index (κ1) is 17.2. The van der Waals surface area contributed by atoms with E-state index < -0.39 is 0 Å². The summed E-state index contributed by atoms with van der Waals surface area (Å²) < 4.78 is 0. The minimum Gasteiger partial charge on any atom is -0.324 e. The van der Waals surface area contributed by atoms with Gasteiger partial charge in [0.15, 0.2) is 0 Å². The Morgan fingerprint density at radius 3 is 2.63 bits per heavy atom. The smallest absolute Gasteiger partial charge is 0.277 e. The summed E-state index contributed by atoms with van der Waals surface area (Å²) in [6, 6.07) is 17.8. The quantitative estimate of drug-likeness (QED) is 0.752. The first-order valence-corrected chi connectivity index (χ1v) is 9.19. The average Bonchev–Trinajstić information content (AvgIpc) is 2.68. The second-order valence-corrected chi connectivity index (χ2v) is 6.90. The van der Waals surface area contributed by atoms with E-state index >= 15 is 0 Å². The van der Waals surface area contributed by atoms with Crippen molar-refractivity contribution in [2.75, 3.05) is 16.8 Å². The number of fused-ring (bicyclic) bond motifs is 1. The Labute approximate surface area is 159 Å². The molecule has 1 amide bonds. The van der Waals surface area contributed by atoms with Gasteiger partial charge in [0.1, 0.15) is 5.69 Å². The Morgan fingerprint density at radius 2 is 1.81 bits per heavy atom. The third-order valence-electron chi connectivity index (χ3n) is 4.74. The third-order valence-corrected chi connectivity index (χ3v) is 4.74. The summed E-state index contributed by atoms with van der Waals surface area (Å²) in [6.07, 6.45) is 1.96. The van der Waals surface area contributed by atoms with Crippen LogP contribution in [0.4, 0.5) is 17.3 Å². The van der Waals surface area contributed by atoms with Crippen molar-refractivity contribution in [2.24, 2.45) is 0 Å². The van der Waals surface area contributed by atoms with Crippen LogP contribution < -0.4 is 10.2 Å². The van der Waals surface area contributed by atoms with Gasteiger partial charge in [-0.15, -0.1) is 0 Å². The number of anilines is 3. The lowest BCUT2D eigenvalue weighted by molar-refractivity contribution is 0.0980. The summed E-state index contributed by atoms with van der Waals surface area (Å²) in [5.41, 5.74) is 5.44. The molecule has 1 N–H and O–H groups in total. The molecule has 2 aromatic carbocycles. The van der Waals surface area contributed by atoms with Crippen LogP contribution in [0.15, 0.2) is 54.6 Å². The Kier molecular flexibility index (Phi) is 4.59. The van der Waals surface area contributed by atoms with Crippen LogP contribution in [-0.2, 0) is 6.42 Å². The number of rotatable bonds is 3. The fourth-order valence-corrected chi connectivity index (χ4v) is 3.38. The van der Waals surface area contributed by atoms with Crippen LogP contribution in [0, 0.1) is 13.8 Å². The average molecular weight is 358 g/mol. The zero-order chi connectivity index (χ0) is 18.8. The zero-order valence-electron chi connectivity index (χ0n) is 15.6. The molecule has 2 heterocycles. The molecule has 0 unspecified atom stereocenters. The predicted molar refractivity (Wildman–Crippen MR) is 108 cm³/mol. The maximum atomic E-state index is 13.2. The van der Waals surface area contributed by atoms with E-state index in [1.165, 1.54) is 11.1 Å². The summed E-state index contributed by atoms with van der Waals surface area (Å²) in [5.74, 6) is 0.354. The number of hydrogen-bond donors (Lipinski definition) is 1. The normalized spacial score (nSPS) is 13.2. The lowest BCUT2D eigenvalue weighted by Gasteiger charge is -2.29. The summed E-state index contributed by atoms with van der Waals surface area (Å²) >= 11 is 0. The van der Waals surface area contributed by atoms with Crippen molar-refractivity contribution in [1.82, 2.24) is 9.97 Å². The number of aryl methyl sites for hydroxylation is 3. The summed E-state index contributed by atoms with van der Waals surface area (Å²) in [7, 11) is 0. The molecule has 4 rings (SSSR count). The van der Waals surface area contributed by atoms with Crippen molar-refractivity contribution in [1.29, 1.82) is 0 Å². The van der Waals surface area contributed by atoms with E-state index in [1.54, 1.807) is 6.07 Å². The molecular formula is C22H22N4O. The molecule has 1 aromatic heterocycles. The monoisotopic (exact) mass is 358 g/mol. The predicted octanol–water partition coefficient (Wildman–Crippen LogP) is 4.43. The second-order valence-electron chi connectivity index (χ2n) is 6.90. The van der Waals surface area contributed by atoms with Crippen LogP contribution in [0.3, 0.4) is 0 Å². The highest BCUT2D eigenvalue weighted by Crippen LogP contribution is 2.28. The standard InChI is InChI=1S/C22H22N4O/c1-15-9-11-18(12-10-15)24-22-23-16(2)14-19(25-22)21(27)26-13-5-7-17-6-3-4-8-20(17)26/h3-4,6,8-12,14H,5,7,13H2,1-2H3,(H,23,24,25). The second kappa shape index (κ2) is 7.19. The summed E-state index contributed by atoms with van der Waals surface area (Å²) in [5, 5.41) is 3.20. The maximum Gasteiger partial charge on any atom is 0.277 e. The van der Waals surface area contributed by atoms with E-state index in [1.807, 2.05) is 61.2 Å². The van der Waals surface area contributed by atoms with Gasteiger partial charge in [-0.25, -0.2) is 9.97 Å². The molecule has 0 aliphatic carbocycles. The Balaban J connectivity index is 1.63. The van der Waals surface area contributed by atoms with Crippen molar-refractivity contribution >= 4 is 23.2 Å². The van der Waals surface area contributed by atoms with Crippen LogP contribution in [0.5, 0.6) is 0 Å². The SMILES string of the molecule is Cc1ccc(Nc2nc(C)cc(C(=O)N3CCCc4ccccc43)n2)cc1. The molecule has 5 nitrogen and oxygen atoms in total. The Bertz CT molecular complexity index is 982. The molecule has 1 aliphatic rings. The van der Waals surface area contributed by atoms with Gasteiger partial charge in [-0.3, -0.25) is 4.79 Å². The minimum atomic E-state index is -0.0837. The first-order valence-electron chi connectivity index (χ1n) is 9.19. The Hall–Kier alpha value is -3.21. The van der Waals surface area contributed by atoms with Gasteiger partial charge < -0.3 is 10.2 Å². The number of nitrogens with zero attached hydrogens (tertiary/aromatic N) is 3. The number of benzene rings is 2. The van der Waals surface area contributed by atoms with Gasteiger partial charge >= 0.3 is 0 Å². The molecule has 0 saturated heterocycles. The van der Waals surface area contributed by atoms with Crippen LogP contribution in [0.1, 0.15) is 33.7 Å². The van der Waals surface area contributed by atoms with E-state index in [-0.39, 0.29) is 5.91 Å². The third kappa shape index (κ3) is 3.67. The van der Waals surface area contributed by atoms with Crippen molar-refractivity contribution < 1.29 is 4.79 Å². The number of amides is 1. The number of hydrogen-bond acceptors (Lipinski definition) is 4. The van der Waals surface area contributed by atoms with Crippen molar-refractivity contribution in [2.45, 2.75) is 26.7 Å². The fraction of sp³-hybridized carbons (Fsp3) is 0.227. The number of para-hydroxylation sites is 1. The molecule has 0 bridgehead atoms. The van der Waals surface area contributed by atoms with Crippen molar-refractivity contribution in [3.8, 4) is 0 Å². The van der Waals surface area contributed by atoms with Crippen LogP contribution in [0.25, 0.3) is 0 Å². The first-order chi connectivity index (χ1) is 13.1. The van der Waals surface area contributed by atoms with Gasteiger partial charge in [0.25, 0.3) is 5.91 Å². The van der Waals surface area contributed by atoms with Gasteiger partial charge in [0.05, 0.1) is 0 Å². The molecule has 1 aliphatic heterocycles. The lowest BCUT2D eigenvalue weighted by Crippen LogP contribution is -2.36. The van der Waals surface area contributed by atoms with E-state index in [0.29, 0.717) is 18.2 Å². The number of carbonyl (C=O) groups is 1. The fourth-order valence-electron chi connectivity index (χ4n) is 3.38. The van der Waals surface area contributed by atoms with Gasteiger partial charge in [-0.1, -0.05) is 35.9 Å². The maximum absolute atomic E-state index is 13.2. The zero-order valence-corrected chi connectivity index (χ0v) is 15.6. The molecule has 3 aromatic rings. The van der Waals surface area contributed by atoms with Crippen molar-refractivity contribution in [3.63, 3.8) is 0 Å².